The minimum Gasteiger partial charge on any atom is -0.256 e. The van der Waals surface area contributed by atoms with E-state index in [1.165, 1.54) is 6.26 Å². The molecule has 0 radical (unpaired) electrons. The minimum atomic E-state index is -3.31. The topological polar surface area (TPSA) is 83.7 Å². The van der Waals surface area contributed by atoms with Crippen molar-refractivity contribution in [2.75, 3.05) is 6.26 Å². The summed E-state index contributed by atoms with van der Waals surface area (Å²) in [5, 5.41) is 10.8. The van der Waals surface area contributed by atoms with Crippen LogP contribution < -0.4 is 0 Å². The highest BCUT2D eigenvalue weighted by atomic mass is 32.2. The minimum absolute atomic E-state index is 0.272. The fourth-order valence-corrected chi connectivity index (χ4v) is 5.24. The SMILES string of the molecule is Cc1ccc(/C(=C\c2cccc(-c3cc(C(C)(C)C#N)cc4cccnc34)c2)c2ccc(S(C)(=O)=O)cc2)nc1. The first-order valence-corrected chi connectivity index (χ1v) is 14.8. The van der Waals surface area contributed by atoms with Crippen LogP contribution in [0.4, 0.5) is 0 Å². The van der Waals surface area contributed by atoms with Gasteiger partial charge in [-0.15, -0.1) is 0 Å². The molecule has 0 N–H and O–H groups in total. The van der Waals surface area contributed by atoms with Gasteiger partial charge in [-0.05, 0) is 97.1 Å². The van der Waals surface area contributed by atoms with Crippen LogP contribution >= 0.6 is 0 Å². The maximum absolute atomic E-state index is 12.0. The Morgan fingerprint density at radius 2 is 1.70 bits per heavy atom. The van der Waals surface area contributed by atoms with E-state index in [9.17, 15) is 13.7 Å². The number of nitrogens with zero attached hydrogens (tertiary/aromatic N) is 3. The monoisotopic (exact) mass is 543 g/mol. The van der Waals surface area contributed by atoms with Gasteiger partial charge < -0.3 is 0 Å². The Morgan fingerprint density at radius 1 is 0.925 bits per heavy atom. The second kappa shape index (κ2) is 10.5. The molecule has 0 aliphatic carbocycles. The summed E-state index contributed by atoms with van der Waals surface area (Å²) in [6.45, 7) is 5.83. The van der Waals surface area contributed by atoms with E-state index < -0.39 is 15.3 Å². The average molecular weight is 544 g/mol. The summed E-state index contributed by atoms with van der Waals surface area (Å²) in [5.41, 5.74) is 7.62. The summed E-state index contributed by atoms with van der Waals surface area (Å²) in [7, 11) is -3.31. The van der Waals surface area contributed by atoms with Crippen LogP contribution in [0.1, 0.15) is 41.8 Å². The molecule has 5 nitrogen and oxygen atoms in total. The molecule has 0 aliphatic rings. The highest BCUT2D eigenvalue weighted by Gasteiger charge is 2.22. The molecule has 5 aromatic rings. The van der Waals surface area contributed by atoms with Gasteiger partial charge in [-0.1, -0.05) is 42.5 Å². The number of aryl methyl sites for hydroxylation is 1. The van der Waals surface area contributed by atoms with Crippen molar-refractivity contribution in [3.05, 3.63) is 125 Å². The Morgan fingerprint density at radius 3 is 2.38 bits per heavy atom. The molecule has 0 atom stereocenters. The lowest BCUT2D eigenvalue weighted by atomic mass is 9.83. The second-order valence-corrected chi connectivity index (χ2v) is 12.6. The number of pyridine rings is 2. The van der Waals surface area contributed by atoms with E-state index in [1.54, 1.807) is 18.3 Å². The third-order valence-electron chi connectivity index (χ3n) is 7.00. The van der Waals surface area contributed by atoms with Crippen LogP contribution in [0, 0.1) is 18.3 Å². The van der Waals surface area contributed by atoms with Crippen LogP contribution in [0.5, 0.6) is 0 Å². The summed E-state index contributed by atoms with van der Waals surface area (Å²) in [5.74, 6) is 0. The zero-order valence-electron chi connectivity index (χ0n) is 22.9. The van der Waals surface area contributed by atoms with Crippen molar-refractivity contribution in [3.63, 3.8) is 0 Å². The number of benzene rings is 3. The molecular formula is C34H29N3O2S. The molecule has 198 valence electrons. The van der Waals surface area contributed by atoms with Crippen molar-refractivity contribution in [3.8, 4) is 17.2 Å². The highest BCUT2D eigenvalue weighted by molar-refractivity contribution is 7.90. The molecular weight excluding hydrogens is 514 g/mol. The van der Waals surface area contributed by atoms with E-state index >= 15 is 0 Å². The first-order valence-electron chi connectivity index (χ1n) is 12.9. The molecule has 0 unspecified atom stereocenters. The maximum atomic E-state index is 12.0. The molecule has 2 heterocycles. The quantitative estimate of drug-likeness (QED) is 0.208. The fraction of sp³-hybridized carbons (Fsp3) is 0.147. The van der Waals surface area contributed by atoms with Crippen LogP contribution in [-0.2, 0) is 15.3 Å². The van der Waals surface area contributed by atoms with Crippen LogP contribution in [-0.4, -0.2) is 24.6 Å². The van der Waals surface area contributed by atoms with Crippen LogP contribution in [0.15, 0.2) is 102 Å². The van der Waals surface area contributed by atoms with Gasteiger partial charge in [-0.3, -0.25) is 9.97 Å². The summed E-state index contributed by atoms with van der Waals surface area (Å²) in [6.07, 6.45) is 6.88. The van der Waals surface area contributed by atoms with E-state index in [-0.39, 0.29) is 4.90 Å². The Balaban J connectivity index is 1.67. The number of hydrogen-bond acceptors (Lipinski definition) is 5. The normalized spacial score (nSPS) is 12.3. The molecule has 40 heavy (non-hydrogen) atoms. The lowest BCUT2D eigenvalue weighted by molar-refractivity contribution is 0.602. The molecule has 0 saturated carbocycles. The maximum Gasteiger partial charge on any atom is 0.175 e. The number of rotatable bonds is 6. The third kappa shape index (κ3) is 5.56. The van der Waals surface area contributed by atoms with Crippen LogP contribution in [0.2, 0.25) is 0 Å². The fourth-order valence-electron chi connectivity index (χ4n) is 4.61. The lowest BCUT2D eigenvalue weighted by Gasteiger charge is -2.19. The van der Waals surface area contributed by atoms with E-state index in [2.05, 4.69) is 40.3 Å². The van der Waals surface area contributed by atoms with Gasteiger partial charge in [0, 0.05) is 35.2 Å². The molecule has 0 saturated heterocycles. The molecule has 0 fully saturated rings. The molecule has 0 amide bonds. The van der Waals surface area contributed by atoms with Gasteiger partial charge in [-0.25, -0.2) is 8.42 Å². The Kier molecular flexibility index (Phi) is 7.10. The van der Waals surface area contributed by atoms with Gasteiger partial charge in [0.25, 0.3) is 0 Å². The summed E-state index contributed by atoms with van der Waals surface area (Å²) >= 11 is 0. The van der Waals surface area contributed by atoms with Crippen molar-refractivity contribution >= 4 is 32.4 Å². The van der Waals surface area contributed by atoms with Crippen molar-refractivity contribution < 1.29 is 8.42 Å². The highest BCUT2D eigenvalue weighted by Crippen LogP contribution is 2.35. The van der Waals surface area contributed by atoms with Crippen molar-refractivity contribution in [2.24, 2.45) is 0 Å². The van der Waals surface area contributed by atoms with E-state index in [0.29, 0.717) is 0 Å². The molecule has 5 rings (SSSR count). The molecule has 0 bridgehead atoms. The smallest absolute Gasteiger partial charge is 0.175 e. The van der Waals surface area contributed by atoms with Crippen LogP contribution in [0.3, 0.4) is 0 Å². The Hall–Kier alpha value is -4.60. The lowest BCUT2D eigenvalue weighted by Crippen LogP contribution is -2.14. The van der Waals surface area contributed by atoms with Gasteiger partial charge in [0.1, 0.15) is 0 Å². The van der Waals surface area contributed by atoms with Crippen molar-refractivity contribution in [1.82, 2.24) is 9.97 Å². The Bertz CT molecular complexity index is 1900. The van der Waals surface area contributed by atoms with E-state index in [4.69, 9.17) is 0 Å². The number of aromatic nitrogens is 2. The molecule has 0 aliphatic heterocycles. The molecule has 3 aromatic carbocycles. The van der Waals surface area contributed by atoms with Crippen molar-refractivity contribution in [2.45, 2.75) is 31.1 Å². The second-order valence-electron chi connectivity index (χ2n) is 10.5. The first-order chi connectivity index (χ1) is 19.0. The first kappa shape index (κ1) is 27.0. The standard InChI is InChI=1S/C34H29N3O2S/c1-23-10-15-32(37-21-23)30(25-11-13-29(14-12-25)40(4,38)39)18-24-7-5-8-26(17-24)31-20-28(34(2,3)22-35)19-27-9-6-16-36-33(27)31/h5-21H,1-4H3/b30-18-. The number of nitriles is 1. The van der Waals surface area contributed by atoms with Gasteiger partial charge in [0.15, 0.2) is 9.84 Å². The van der Waals surface area contributed by atoms with Gasteiger partial charge in [0.05, 0.1) is 27.6 Å². The van der Waals surface area contributed by atoms with Crippen LogP contribution in [0.25, 0.3) is 33.7 Å². The largest absolute Gasteiger partial charge is 0.256 e. The van der Waals surface area contributed by atoms with Crippen molar-refractivity contribution in [1.29, 1.82) is 5.26 Å². The van der Waals surface area contributed by atoms with Gasteiger partial charge >= 0.3 is 0 Å². The predicted octanol–water partition coefficient (Wildman–Crippen LogP) is 7.40. The zero-order chi connectivity index (χ0) is 28.5. The predicted molar refractivity (Wildman–Crippen MR) is 161 cm³/mol. The summed E-state index contributed by atoms with van der Waals surface area (Å²) in [6, 6.07) is 29.5. The average Bonchev–Trinajstić information content (AvgIpc) is 2.95. The number of fused-ring (bicyclic) bond motifs is 1. The van der Waals surface area contributed by atoms with Gasteiger partial charge in [0.2, 0.25) is 0 Å². The van der Waals surface area contributed by atoms with Gasteiger partial charge in [-0.2, -0.15) is 5.26 Å². The molecule has 0 spiro atoms. The van der Waals surface area contributed by atoms with E-state index in [0.717, 1.165) is 55.6 Å². The molecule has 6 heteroatoms. The summed E-state index contributed by atoms with van der Waals surface area (Å²) < 4.78 is 24.1. The number of sulfone groups is 1. The Labute approximate surface area is 235 Å². The number of hydrogen-bond donors (Lipinski definition) is 0. The molecule has 2 aromatic heterocycles. The van der Waals surface area contributed by atoms with E-state index in [1.807, 2.05) is 81.6 Å². The third-order valence-corrected chi connectivity index (χ3v) is 8.12. The zero-order valence-corrected chi connectivity index (χ0v) is 23.7. The summed E-state index contributed by atoms with van der Waals surface area (Å²) in [4.78, 5) is 9.61.